The molecule has 1 fully saturated rings. The minimum absolute atomic E-state index is 0.0562. The van der Waals surface area contributed by atoms with Crippen molar-refractivity contribution in [1.29, 1.82) is 0 Å². The van der Waals surface area contributed by atoms with Gasteiger partial charge in [0.15, 0.2) is 0 Å². The van der Waals surface area contributed by atoms with E-state index in [0.29, 0.717) is 43.9 Å². The van der Waals surface area contributed by atoms with E-state index < -0.39 is 5.41 Å². The molecule has 2 aliphatic rings. The molecular formula is C25H32N4O3. The molecule has 7 heteroatoms. The van der Waals surface area contributed by atoms with Gasteiger partial charge in [0, 0.05) is 19.3 Å². The molecular weight excluding hydrogens is 404 g/mol. The molecule has 170 valence electrons. The number of amides is 2. The van der Waals surface area contributed by atoms with Crippen LogP contribution in [0.3, 0.4) is 0 Å². The van der Waals surface area contributed by atoms with E-state index in [-0.39, 0.29) is 17.9 Å². The predicted molar refractivity (Wildman–Crippen MR) is 123 cm³/mol. The zero-order chi connectivity index (χ0) is 22.6. The van der Waals surface area contributed by atoms with Gasteiger partial charge >= 0.3 is 0 Å². The van der Waals surface area contributed by atoms with E-state index in [2.05, 4.69) is 16.4 Å². The number of aryl methyl sites for hydroxylation is 1. The molecule has 3 heterocycles. The number of nitrogen functional groups attached to an aromatic ring is 1. The summed E-state index contributed by atoms with van der Waals surface area (Å²) in [7, 11) is 0. The highest BCUT2D eigenvalue weighted by molar-refractivity contribution is 5.94. The van der Waals surface area contributed by atoms with E-state index in [4.69, 9.17) is 10.5 Å². The number of para-hydroxylation sites is 1. The van der Waals surface area contributed by atoms with Gasteiger partial charge in [-0.3, -0.25) is 9.59 Å². The molecule has 32 heavy (non-hydrogen) atoms. The van der Waals surface area contributed by atoms with Crippen molar-refractivity contribution in [2.45, 2.75) is 51.5 Å². The maximum Gasteiger partial charge on any atom is 0.255 e. The van der Waals surface area contributed by atoms with Gasteiger partial charge in [0.05, 0.1) is 17.0 Å². The number of nitrogens with two attached hydrogens (primary N) is 1. The summed E-state index contributed by atoms with van der Waals surface area (Å²) in [6.45, 7) is 3.54. The Morgan fingerprint density at radius 2 is 1.94 bits per heavy atom. The van der Waals surface area contributed by atoms with Crippen LogP contribution in [0, 0.1) is 5.41 Å². The van der Waals surface area contributed by atoms with Crippen molar-refractivity contribution >= 4 is 17.6 Å². The summed E-state index contributed by atoms with van der Waals surface area (Å²) in [6.07, 6.45) is 6.59. The molecule has 7 nitrogen and oxygen atoms in total. The average Bonchev–Trinajstić information content (AvgIpc) is 2.81. The summed E-state index contributed by atoms with van der Waals surface area (Å²) in [6, 6.07) is 11.4. The Morgan fingerprint density at radius 3 is 2.69 bits per heavy atom. The summed E-state index contributed by atoms with van der Waals surface area (Å²) in [4.78, 5) is 32.1. The number of piperidine rings is 1. The summed E-state index contributed by atoms with van der Waals surface area (Å²) in [5.41, 5.74) is 6.94. The normalized spacial score (nSPS) is 21.5. The number of hydrogen-bond acceptors (Lipinski definition) is 5. The van der Waals surface area contributed by atoms with Gasteiger partial charge in [-0.15, -0.1) is 0 Å². The highest BCUT2D eigenvalue weighted by Crippen LogP contribution is 2.38. The van der Waals surface area contributed by atoms with E-state index >= 15 is 0 Å². The molecule has 1 aromatic heterocycles. The molecule has 2 amide bonds. The molecule has 2 aliphatic heterocycles. The van der Waals surface area contributed by atoms with Crippen LogP contribution in [-0.2, 0) is 11.2 Å². The average molecular weight is 437 g/mol. The summed E-state index contributed by atoms with van der Waals surface area (Å²) in [5, 5.41) is 3.18. The van der Waals surface area contributed by atoms with Crippen molar-refractivity contribution in [3.8, 4) is 5.75 Å². The third kappa shape index (κ3) is 4.87. The van der Waals surface area contributed by atoms with Crippen LogP contribution in [0.1, 0.15) is 54.9 Å². The van der Waals surface area contributed by atoms with Gasteiger partial charge in [0.2, 0.25) is 5.91 Å². The highest BCUT2D eigenvalue weighted by Gasteiger charge is 2.42. The zero-order valence-corrected chi connectivity index (χ0v) is 18.7. The van der Waals surface area contributed by atoms with E-state index in [1.54, 1.807) is 12.1 Å². The number of hydrogen-bond donors (Lipinski definition) is 2. The number of ether oxygens (including phenoxy) is 1. The van der Waals surface area contributed by atoms with E-state index in [9.17, 15) is 9.59 Å². The van der Waals surface area contributed by atoms with Crippen LogP contribution in [0.15, 0.2) is 42.6 Å². The van der Waals surface area contributed by atoms with Crippen molar-refractivity contribution in [2.75, 3.05) is 25.4 Å². The monoisotopic (exact) mass is 436 g/mol. The Bertz CT molecular complexity index is 952. The lowest BCUT2D eigenvalue weighted by Crippen LogP contribution is -2.52. The number of aromatic nitrogens is 1. The zero-order valence-electron chi connectivity index (χ0n) is 18.7. The third-order valence-electron chi connectivity index (χ3n) is 6.71. The van der Waals surface area contributed by atoms with Crippen LogP contribution in [0.5, 0.6) is 5.75 Å². The minimum Gasteiger partial charge on any atom is -0.491 e. The van der Waals surface area contributed by atoms with Gasteiger partial charge in [0.25, 0.3) is 5.91 Å². The molecule has 0 bridgehead atoms. The van der Waals surface area contributed by atoms with Gasteiger partial charge in [0.1, 0.15) is 18.2 Å². The summed E-state index contributed by atoms with van der Waals surface area (Å²) < 4.78 is 6.02. The van der Waals surface area contributed by atoms with Crippen LogP contribution in [0.2, 0.25) is 0 Å². The highest BCUT2D eigenvalue weighted by atomic mass is 16.5. The Morgan fingerprint density at radius 1 is 1.16 bits per heavy atom. The fraction of sp³-hybridized carbons (Fsp3) is 0.480. The van der Waals surface area contributed by atoms with Crippen LogP contribution in [-0.4, -0.2) is 47.4 Å². The third-order valence-corrected chi connectivity index (χ3v) is 6.71. The van der Waals surface area contributed by atoms with Gasteiger partial charge in [-0.2, -0.15) is 0 Å². The van der Waals surface area contributed by atoms with E-state index in [1.165, 1.54) is 11.8 Å². The van der Waals surface area contributed by atoms with Crippen molar-refractivity contribution in [3.05, 3.63) is 53.7 Å². The smallest absolute Gasteiger partial charge is 0.255 e. The topological polar surface area (TPSA) is 97.6 Å². The number of fused-ring (bicyclic) bond motifs is 1. The molecule has 2 aromatic rings. The maximum atomic E-state index is 13.4. The van der Waals surface area contributed by atoms with Crippen LogP contribution in [0.4, 0.5) is 5.82 Å². The molecule has 1 aromatic carbocycles. The molecule has 1 spiro atoms. The minimum atomic E-state index is -0.441. The molecule has 3 N–H and O–H groups in total. The van der Waals surface area contributed by atoms with Crippen molar-refractivity contribution < 1.29 is 14.3 Å². The Kier molecular flexibility index (Phi) is 6.63. The second-order valence-corrected chi connectivity index (χ2v) is 9.04. The summed E-state index contributed by atoms with van der Waals surface area (Å²) in [5.74, 6) is 1.33. The molecule has 0 unspecified atom stereocenters. The van der Waals surface area contributed by atoms with Crippen molar-refractivity contribution in [1.82, 2.24) is 15.2 Å². The lowest BCUT2D eigenvalue weighted by Gasteiger charge is -2.41. The van der Waals surface area contributed by atoms with Gasteiger partial charge in [-0.25, -0.2) is 4.98 Å². The lowest BCUT2D eigenvalue weighted by molar-refractivity contribution is -0.135. The SMILES string of the molecule is C[C@@H]1COc2ccccc2CCCCC2(CCN(C(=O)c3ccc(N)nc3)CC2)C(=O)N1. The maximum absolute atomic E-state index is 13.4. The standard InChI is InChI=1S/C25H32N4O3/c1-18-17-32-21-8-3-2-6-19(21)7-4-5-11-25(24(31)28-18)12-14-29(15-13-25)23(30)20-9-10-22(26)27-16-20/h2-3,6,8-10,16,18H,4-5,7,11-15,17H2,1H3,(H2,26,27)(H,28,31)/t18-/m1/s1. The molecule has 0 aliphatic carbocycles. The quantitative estimate of drug-likeness (QED) is 0.716. The first kappa shape index (κ1) is 22.1. The largest absolute Gasteiger partial charge is 0.491 e. The number of nitrogens with zero attached hydrogens (tertiary/aromatic N) is 2. The van der Waals surface area contributed by atoms with Crippen LogP contribution < -0.4 is 15.8 Å². The molecule has 4 rings (SSSR count). The number of benzene rings is 1. The first-order chi connectivity index (χ1) is 15.5. The first-order valence-corrected chi connectivity index (χ1v) is 11.5. The Labute approximate surface area is 189 Å². The van der Waals surface area contributed by atoms with Crippen LogP contribution >= 0.6 is 0 Å². The number of pyridine rings is 1. The number of carbonyl (C=O) groups excluding carboxylic acids is 2. The number of rotatable bonds is 1. The lowest BCUT2D eigenvalue weighted by atomic mass is 9.73. The molecule has 1 saturated heterocycles. The fourth-order valence-electron chi connectivity index (χ4n) is 4.71. The van der Waals surface area contributed by atoms with E-state index in [0.717, 1.165) is 31.4 Å². The first-order valence-electron chi connectivity index (χ1n) is 11.5. The van der Waals surface area contributed by atoms with Gasteiger partial charge < -0.3 is 20.7 Å². The van der Waals surface area contributed by atoms with Crippen molar-refractivity contribution in [2.24, 2.45) is 5.41 Å². The predicted octanol–water partition coefficient (Wildman–Crippen LogP) is 3.20. The Hall–Kier alpha value is -3.09. The van der Waals surface area contributed by atoms with Gasteiger partial charge in [-0.05, 0) is 62.8 Å². The second kappa shape index (κ2) is 9.59. The van der Waals surface area contributed by atoms with Crippen LogP contribution in [0.25, 0.3) is 0 Å². The number of nitrogens with one attached hydrogen (secondary N) is 1. The van der Waals surface area contributed by atoms with Gasteiger partial charge in [-0.1, -0.05) is 24.6 Å². The van der Waals surface area contributed by atoms with E-state index in [1.807, 2.05) is 30.0 Å². The number of anilines is 1. The summed E-state index contributed by atoms with van der Waals surface area (Å²) >= 11 is 0. The molecule has 0 radical (unpaired) electrons. The Balaban J connectivity index is 1.44. The second-order valence-electron chi connectivity index (χ2n) is 9.04. The fourth-order valence-corrected chi connectivity index (χ4v) is 4.71. The molecule has 1 atom stereocenters. The number of likely N-dealkylation sites (tertiary alicyclic amines) is 1. The molecule has 0 saturated carbocycles. The van der Waals surface area contributed by atoms with Crippen molar-refractivity contribution in [3.63, 3.8) is 0 Å². The number of carbonyl (C=O) groups is 2.